The van der Waals surface area contributed by atoms with Crippen LogP contribution in [0.1, 0.15) is 10.4 Å². The molecule has 1 aromatic carbocycles. The third kappa shape index (κ3) is 1.39. The largest absolute Gasteiger partial charge is 0.298 e. The number of benzene rings is 1. The predicted molar refractivity (Wildman–Crippen MR) is 38.4 cm³/mol. The minimum absolute atomic E-state index is 0.637. The number of halogens is 1. The Bertz CT molecular complexity index is 220. The molecule has 1 radical (unpaired) electrons. The van der Waals surface area contributed by atoms with Crippen molar-refractivity contribution < 1.29 is 4.79 Å². The zero-order chi connectivity index (χ0) is 6.69. The van der Waals surface area contributed by atoms with Crippen molar-refractivity contribution in [2.45, 2.75) is 0 Å². The highest BCUT2D eigenvalue weighted by molar-refractivity contribution is 9.10. The fourth-order valence-corrected chi connectivity index (χ4v) is 0.855. The number of hydrogen-bond donors (Lipinski definition) is 0. The van der Waals surface area contributed by atoms with E-state index >= 15 is 0 Å². The number of carbonyl (C=O) groups excluding carboxylic acids is 1. The van der Waals surface area contributed by atoms with E-state index in [4.69, 9.17) is 0 Å². The molecule has 0 heterocycles. The summed E-state index contributed by atoms with van der Waals surface area (Å²) < 4.78 is 0.816. The highest BCUT2D eigenvalue weighted by Crippen LogP contribution is 2.12. The van der Waals surface area contributed by atoms with Gasteiger partial charge in [0.2, 0.25) is 0 Å². The Morgan fingerprint density at radius 1 is 1.67 bits per heavy atom. The van der Waals surface area contributed by atoms with Crippen LogP contribution in [0.5, 0.6) is 0 Å². The Hall–Kier alpha value is -0.630. The molecule has 0 aliphatic carbocycles. The molecule has 0 saturated heterocycles. The van der Waals surface area contributed by atoms with Crippen molar-refractivity contribution in [3.63, 3.8) is 0 Å². The lowest BCUT2D eigenvalue weighted by Crippen LogP contribution is -1.78. The Morgan fingerprint density at radius 2 is 2.44 bits per heavy atom. The molecule has 0 atom stereocenters. The van der Waals surface area contributed by atoms with Crippen LogP contribution in [0, 0.1) is 6.07 Å². The number of hydrogen-bond acceptors (Lipinski definition) is 1. The molecule has 0 amide bonds. The fraction of sp³-hybridized carbons (Fsp3) is 0. The lowest BCUT2D eigenvalue weighted by atomic mass is 10.2. The number of carbonyl (C=O) groups is 1. The molecule has 0 saturated carbocycles. The SMILES string of the molecule is O=Cc1c[c]ccc1Br. The number of rotatable bonds is 1. The second-order valence-corrected chi connectivity index (χ2v) is 2.42. The molecule has 1 rings (SSSR count). The smallest absolute Gasteiger partial charge is 0.151 e. The molecule has 0 spiro atoms. The maximum absolute atomic E-state index is 10.2. The van der Waals surface area contributed by atoms with E-state index < -0.39 is 0 Å². The van der Waals surface area contributed by atoms with Gasteiger partial charge in [-0.05, 0) is 18.2 Å². The Morgan fingerprint density at radius 3 is 2.89 bits per heavy atom. The first-order chi connectivity index (χ1) is 4.34. The normalized spacial score (nSPS) is 9.00. The molecule has 0 N–H and O–H groups in total. The second-order valence-electron chi connectivity index (χ2n) is 1.57. The summed E-state index contributed by atoms with van der Waals surface area (Å²) in [6, 6.07) is 7.96. The summed E-state index contributed by atoms with van der Waals surface area (Å²) in [5, 5.41) is 0. The zero-order valence-corrected chi connectivity index (χ0v) is 6.18. The molecule has 0 aliphatic rings. The average Bonchev–Trinajstić information content (AvgIpc) is 1.89. The molecule has 45 valence electrons. The summed E-state index contributed by atoms with van der Waals surface area (Å²) in [5.41, 5.74) is 0.637. The molecule has 9 heavy (non-hydrogen) atoms. The maximum Gasteiger partial charge on any atom is 0.151 e. The molecule has 0 aliphatic heterocycles. The van der Waals surface area contributed by atoms with Gasteiger partial charge in [0.05, 0.1) is 0 Å². The van der Waals surface area contributed by atoms with Crippen LogP contribution < -0.4 is 0 Å². The van der Waals surface area contributed by atoms with Gasteiger partial charge in [0.25, 0.3) is 0 Å². The van der Waals surface area contributed by atoms with Gasteiger partial charge >= 0.3 is 0 Å². The first kappa shape index (κ1) is 6.49. The summed E-state index contributed by atoms with van der Waals surface area (Å²) in [4.78, 5) is 10.2. The molecule has 1 nitrogen and oxygen atoms in total. The van der Waals surface area contributed by atoms with Gasteiger partial charge in [-0.15, -0.1) is 0 Å². The van der Waals surface area contributed by atoms with Gasteiger partial charge in [-0.25, -0.2) is 0 Å². The first-order valence-electron chi connectivity index (χ1n) is 2.45. The van der Waals surface area contributed by atoms with Gasteiger partial charge in [-0.3, -0.25) is 4.79 Å². The summed E-state index contributed by atoms with van der Waals surface area (Å²) >= 11 is 3.21. The van der Waals surface area contributed by atoms with Crippen molar-refractivity contribution in [3.8, 4) is 0 Å². The minimum Gasteiger partial charge on any atom is -0.298 e. The number of aldehydes is 1. The molecule has 2 heteroatoms. The van der Waals surface area contributed by atoms with E-state index in [1.807, 2.05) is 0 Å². The van der Waals surface area contributed by atoms with Gasteiger partial charge in [-0.2, -0.15) is 0 Å². The van der Waals surface area contributed by atoms with E-state index in [-0.39, 0.29) is 0 Å². The average molecular weight is 184 g/mol. The minimum atomic E-state index is 0.637. The van der Waals surface area contributed by atoms with Gasteiger partial charge < -0.3 is 0 Å². The van der Waals surface area contributed by atoms with Crippen LogP contribution in [0.4, 0.5) is 0 Å². The zero-order valence-electron chi connectivity index (χ0n) is 4.60. The molecular formula is C7H4BrO. The molecule has 0 fully saturated rings. The van der Waals surface area contributed by atoms with Gasteiger partial charge in [0.15, 0.2) is 6.29 Å². The lowest BCUT2D eigenvalue weighted by Gasteiger charge is -1.90. The summed E-state index contributed by atoms with van der Waals surface area (Å²) in [6.07, 6.45) is 0.792. The molecule has 0 bridgehead atoms. The van der Waals surface area contributed by atoms with Crippen molar-refractivity contribution in [2.24, 2.45) is 0 Å². The van der Waals surface area contributed by atoms with E-state index in [9.17, 15) is 4.79 Å². The monoisotopic (exact) mass is 183 g/mol. The van der Waals surface area contributed by atoms with Crippen molar-refractivity contribution in [1.82, 2.24) is 0 Å². The third-order valence-corrected chi connectivity index (χ3v) is 1.69. The first-order valence-corrected chi connectivity index (χ1v) is 3.24. The second kappa shape index (κ2) is 2.78. The molecular weight excluding hydrogens is 180 g/mol. The van der Waals surface area contributed by atoms with Crippen molar-refractivity contribution in [1.29, 1.82) is 0 Å². The molecule has 1 aromatic rings. The van der Waals surface area contributed by atoms with Crippen LogP contribution in [-0.4, -0.2) is 6.29 Å². The highest BCUT2D eigenvalue weighted by Gasteiger charge is 1.92. The quantitative estimate of drug-likeness (QED) is 0.610. The van der Waals surface area contributed by atoms with Crippen LogP contribution in [0.15, 0.2) is 22.7 Å². The Kier molecular flexibility index (Phi) is 2.01. The van der Waals surface area contributed by atoms with Crippen LogP contribution in [0.3, 0.4) is 0 Å². The van der Waals surface area contributed by atoms with Crippen molar-refractivity contribution in [3.05, 3.63) is 34.3 Å². The van der Waals surface area contributed by atoms with Crippen LogP contribution in [0.2, 0.25) is 0 Å². The Balaban J connectivity index is 3.15. The summed E-state index contributed by atoms with van der Waals surface area (Å²) in [7, 11) is 0. The van der Waals surface area contributed by atoms with Crippen molar-refractivity contribution in [2.75, 3.05) is 0 Å². The van der Waals surface area contributed by atoms with Gasteiger partial charge in [-0.1, -0.05) is 22.0 Å². The highest BCUT2D eigenvalue weighted by atomic mass is 79.9. The maximum atomic E-state index is 10.2. The van der Waals surface area contributed by atoms with E-state index in [0.29, 0.717) is 5.56 Å². The van der Waals surface area contributed by atoms with Gasteiger partial charge in [0, 0.05) is 10.0 Å². The van der Waals surface area contributed by atoms with Crippen LogP contribution in [0.25, 0.3) is 0 Å². The van der Waals surface area contributed by atoms with E-state index in [1.165, 1.54) is 0 Å². The van der Waals surface area contributed by atoms with Crippen LogP contribution in [-0.2, 0) is 0 Å². The summed E-state index contributed by atoms with van der Waals surface area (Å²) in [6.45, 7) is 0. The van der Waals surface area contributed by atoms with E-state index in [0.717, 1.165) is 10.8 Å². The van der Waals surface area contributed by atoms with Gasteiger partial charge in [0.1, 0.15) is 0 Å². The van der Waals surface area contributed by atoms with Crippen LogP contribution >= 0.6 is 15.9 Å². The molecule has 0 unspecified atom stereocenters. The lowest BCUT2D eigenvalue weighted by molar-refractivity contribution is 0.112. The van der Waals surface area contributed by atoms with E-state index in [1.54, 1.807) is 18.2 Å². The van der Waals surface area contributed by atoms with Crippen molar-refractivity contribution >= 4 is 22.2 Å². The third-order valence-electron chi connectivity index (χ3n) is 0.967. The predicted octanol–water partition coefficient (Wildman–Crippen LogP) is 2.06. The molecule has 0 aromatic heterocycles. The standard InChI is InChI=1S/C7H4BrO/c8-7-4-2-1-3-6(7)5-9/h2-5H. The fourth-order valence-electron chi connectivity index (χ4n) is 0.515. The Labute approximate surface area is 61.8 Å². The summed E-state index contributed by atoms with van der Waals surface area (Å²) in [5.74, 6) is 0. The van der Waals surface area contributed by atoms with E-state index in [2.05, 4.69) is 22.0 Å². The topological polar surface area (TPSA) is 17.1 Å².